The van der Waals surface area contributed by atoms with Gasteiger partial charge in [0.1, 0.15) is 0 Å². The normalized spacial score (nSPS) is 27.7. The number of hydrogen-bond acceptors (Lipinski definition) is 4. The van der Waals surface area contributed by atoms with Crippen LogP contribution in [-0.2, 0) is 0 Å². The molecule has 2 amide bonds. The molecular weight excluding hydrogens is 314 g/mol. The number of piperazine rings is 2. The zero-order chi connectivity index (χ0) is 18.0. The van der Waals surface area contributed by atoms with Crippen LogP contribution in [0.3, 0.4) is 0 Å². The van der Waals surface area contributed by atoms with Gasteiger partial charge in [0.15, 0.2) is 0 Å². The van der Waals surface area contributed by atoms with Gasteiger partial charge in [0, 0.05) is 83.6 Å². The Labute approximate surface area is 153 Å². The molecule has 1 atom stereocenters. The van der Waals surface area contributed by atoms with Crippen molar-refractivity contribution in [1.82, 2.24) is 24.5 Å². The van der Waals surface area contributed by atoms with Gasteiger partial charge >= 0.3 is 6.03 Å². The predicted octanol–water partition coefficient (Wildman–Crippen LogP) is 1.23. The average molecular weight is 352 g/mol. The molecule has 3 saturated heterocycles. The number of carbonyl (C=O) groups excluding carboxylic acids is 1. The molecule has 3 fully saturated rings. The van der Waals surface area contributed by atoms with Gasteiger partial charge in [-0.2, -0.15) is 0 Å². The fraction of sp³-hybridized carbons (Fsp3) is 0.947. The van der Waals surface area contributed by atoms with Crippen molar-refractivity contribution in [1.29, 1.82) is 0 Å². The van der Waals surface area contributed by atoms with Crippen LogP contribution in [0.2, 0.25) is 0 Å². The smallest absolute Gasteiger partial charge is 0.320 e. The molecule has 0 radical (unpaired) electrons. The number of carbonyl (C=O) groups is 1. The van der Waals surface area contributed by atoms with Crippen molar-refractivity contribution in [3.63, 3.8) is 0 Å². The van der Waals surface area contributed by atoms with E-state index >= 15 is 0 Å². The van der Waals surface area contributed by atoms with E-state index in [-0.39, 0.29) is 6.03 Å². The number of rotatable bonds is 3. The highest BCUT2D eigenvalue weighted by molar-refractivity contribution is 5.74. The van der Waals surface area contributed by atoms with E-state index in [0.29, 0.717) is 18.1 Å². The van der Waals surface area contributed by atoms with Gasteiger partial charge in [-0.3, -0.25) is 14.7 Å². The third-order valence-corrected chi connectivity index (χ3v) is 6.34. The van der Waals surface area contributed by atoms with Crippen LogP contribution >= 0.6 is 0 Å². The molecule has 6 heteroatoms. The molecule has 0 aromatic heterocycles. The van der Waals surface area contributed by atoms with Crippen molar-refractivity contribution in [2.24, 2.45) is 0 Å². The predicted molar refractivity (Wildman–Crippen MR) is 102 cm³/mol. The first-order chi connectivity index (χ1) is 12.0. The van der Waals surface area contributed by atoms with E-state index in [0.717, 1.165) is 52.4 Å². The van der Waals surface area contributed by atoms with Crippen molar-refractivity contribution in [3.05, 3.63) is 0 Å². The van der Waals surface area contributed by atoms with Gasteiger partial charge in [-0.1, -0.05) is 0 Å². The van der Waals surface area contributed by atoms with Gasteiger partial charge in [0.05, 0.1) is 0 Å². The molecule has 3 aliphatic heterocycles. The van der Waals surface area contributed by atoms with E-state index in [1.807, 2.05) is 0 Å². The maximum absolute atomic E-state index is 12.8. The minimum Gasteiger partial charge on any atom is -0.322 e. The van der Waals surface area contributed by atoms with Gasteiger partial charge in [0.2, 0.25) is 0 Å². The van der Waals surface area contributed by atoms with Crippen LogP contribution in [0, 0.1) is 0 Å². The van der Waals surface area contributed by atoms with Crippen molar-refractivity contribution in [2.45, 2.75) is 52.2 Å². The quantitative estimate of drug-likeness (QED) is 0.766. The van der Waals surface area contributed by atoms with Crippen molar-refractivity contribution >= 4 is 6.03 Å². The van der Waals surface area contributed by atoms with Crippen LogP contribution in [0.25, 0.3) is 0 Å². The number of amides is 2. The molecule has 0 saturated carbocycles. The minimum absolute atomic E-state index is 0.262. The standard InChI is InChI=1S/C19H37N5O/c1-16(2)20-7-11-22(12-8-20)19(25)23-13-9-21(10-14-23)18-5-6-24(15-18)17(3)4/h16-18H,5-15H2,1-4H3. The van der Waals surface area contributed by atoms with Gasteiger partial charge < -0.3 is 9.80 Å². The fourth-order valence-corrected chi connectivity index (χ4v) is 4.44. The first-order valence-corrected chi connectivity index (χ1v) is 10.2. The lowest BCUT2D eigenvalue weighted by Gasteiger charge is -2.42. The maximum Gasteiger partial charge on any atom is 0.320 e. The molecular formula is C19H37N5O. The lowest BCUT2D eigenvalue weighted by atomic mass is 10.2. The molecule has 6 nitrogen and oxygen atoms in total. The highest BCUT2D eigenvalue weighted by Gasteiger charge is 2.33. The summed E-state index contributed by atoms with van der Waals surface area (Å²) in [5, 5.41) is 0. The molecule has 0 bridgehead atoms. The summed E-state index contributed by atoms with van der Waals surface area (Å²) in [7, 11) is 0. The van der Waals surface area contributed by atoms with Crippen molar-refractivity contribution < 1.29 is 4.79 Å². The van der Waals surface area contributed by atoms with Gasteiger partial charge in [-0.05, 0) is 34.1 Å². The first-order valence-electron chi connectivity index (χ1n) is 10.2. The number of likely N-dealkylation sites (tertiary alicyclic amines) is 1. The van der Waals surface area contributed by atoms with E-state index in [1.54, 1.807) is 0 Å². The van der Waals surface area contributed by atoms with Crippen LogP contribution in [0.15, 0.2) is 0 Å². The Balaban J connectivity index is 1.42. The first kappa shape index (κ1) is 18.9. The van der Waals surface area contributed by atoms with Crippen LogP contribution in [0.4, 0.5) is 4.79 Å². The Morgan fingerprint density at radius 1 is 0.720 bits per heavy atom. The number of nitrogens with zero attached hydrogens (tertiary/aromatic N) is 5. The molecule has 3 aliphatic rings. The van der Waals surface area contributed by atoms with Crippen molar-refractivity contribution in [2.75, 3.05) is 65.4 Å². The number of hydrogen-bond donors (Lipinski definition) is 0. The second-order valence-electron chi connectivity index (χ2n) is 8.45. The third kappa shape index (κ3) is 4.47. The van der Waals surface area contributed by atoms with Gasteiger partial charge in [-0.25, -0.2) is 4.79 Å². The van der Waals surface area contributed by atoms with Crippen LogP contribution < -0.4 is 0 Å². The van der Waals surface area contributed by atoms with E-state index in [9.17, 15) is 4.79 Å². The Morgan fingerprint density at radius 2 is 1.24 bits per heavy atom. The average Bonchev–Trinajstić information content (AvgIpc) is 3.12. The molecule has 3 heterocycles. The fourth-order valence-electron chi connectivity index (χ4n) is 4.44. The second kappa shape index (κ2) is 8.23. The van der Waals surface area contributed by atoms with Crippen LogP contribution in [0.1, 0.15) is 34.1 Å². The zero-order valence-corrected chi connectivity index (χ0v) is 16.7. The van der Waals surface area contributed by atoms with Crippen molar-refractivity contribution in [3.8, 4) is 0 Å². The Hall–Kier alpha value is -0.850. The summed E-state index contributed by atoms with van der Waals surface area (Å²) in [6, 6.07) is 2.18. The van der Waals surface area contributed by atoms with Gasteiger partial charge in [0.25, 0.3) is 0 Å². The van der Waals surface area contributed by atoms with Gasteiger partial charge in [-0.15, -0.1) is 0 Å². The summed E-state index contributed by atoms with van der Waals surface area (Å²) in [4.78, 5) is 24.6. The SMILES string of the molecule is CC(C)N1CCN(C(=O)N2CCN(C3CCN(C(C)C)C3)CC2)CC1. The van der Waals surface area contributed by atoms with Crippen LogP contribution in [0.5, 0.6) is 0 Å². The Bertz CT molecular complexity index is 439. The van der Waals surface area contributed by atoms with E-state index in [1.165, 1.54) is 19.5 Å². The highest BCUT2D eigenvalue weighted by Crippen LogP contribution is 2.20. The third-order valence-electron chi connectivity index (χ3n) is 6.34. The molecule has 3 rings (SSSR count). The summed E-state index contributed by atoms with van der Waals surface area (Å²) < 4.78 is 0. The topological polar surface area (TPSA) is 33.3 Å². The number of urea groups is 1. The zero-order valence-electron chi connectivity index (χ0n) is 16.7. The summed E-state index contributed by atoms with van der Waals surface area (Å²) in [6.45, 7) is 19.1. The monoisotopic (exact) mass is 351 g/mol. The molecule has 144 valence electrons. The highest BCUT2D eigenvalue weighted by atomic mass is 16.2. The summed E-state index contributed by atoms with van der Waals surface area (Å²) in [6.07, 6.45) is 1.28. The molecule has 0 aromatic carbocycles. The Morgan fingerprint density at radius 3 is 1.72 bits per heavy atom. The molecule has 0 aromatic rings. The largest absolute Gasteiger partial charge is 0.322 e. The molecule has 0 N–H and O–H groups in total. The minimum atomic E-state index is 0.262. The molecule has 25 heavy (non-hydrogen) atoms. The van der Waals surface area contributed by atoms with Crippen LogP contribution in [-0.4, -0.2) is 114 Å². The summed E-state index contributed by atoms with van der Waals surface area (Å²) in [5.41, 5.74) is 0. The molecule has 0 aliphatic carbocycles. The molecule has 1 unspecified atom stereocenters. The molecule has 0 spiro atoms. The lowest BCUT2D eigenvalue weighted by Crippen LogP contribution is -2.58. The van der Waals surface area contributed by atoms with E-state index < -0.39 is 0 Å². The Kier molecular flexibility index (Phi) is 6.23. The maximum atomic E-state index is 12.8. The van der Waals surface area contributed by atoms with E-state index in [2.05, 4.69) is 52.2 Å². The summed E-state index contributed by atoms with van der Waals surface area (Å²) >= 11 is 0. The summed E-state index contributed by atoms with van der Waals surface area (Å²) in [5.74, 6) is 0. The lowest BCUT2D eigenvalue weighted by molar-refractivity contribution is 0.0715. The second-order valence-corrected chi connectivity index (χ2v) is 8.45. The van der Waals surface area contributed by atoms with E-state index in [4.69, 9.17) is 0 Å².